The van der Waals surface area contributed by atoms with Crippen molar-refractivity contribution in [1.29, 1.82) is 0 Å². The van der Waals surface area contributed by atoms with E-state index in [1.54, 1.807) is 7.11 Å². The largest absolute Gasteiger partial charge is 0.385 e. The van der Waals surface area contributed by atoms with Gasteiger partial charge in [-0.2, -0.15) is 0 Å². The van der Waals surface area contributed by atoms with Crippen LogP contribution in [0.25, 0.3) is 0 Å². The zero-order valence-corrected chi connectivity index (χ0v) is 17.8. The Morgan fingerprint density at radius 1 is 1.11 bits per heavy atom. The molecule has 156 valence electrons. The zero-order chi connectivity index (χ0) is 19.9. The normalized spacial score (nSPS) is 20.7. The molecule has 2 aliphatic rings. The fourth-order valence-electron chi connectivity index (χ4n) is 4.30. The third-order valence-corrected chi connectivity index (χ3v) is 5.68. The molecule has 2 amide bonds. The maximum atomic E-state index is 12.9. The van der Waals surface area contributed by atoms with Crippen molar-refractivity contribution in [2.75, 3.05) is 46.4 Å². The van der Waals surface area contributed by atoms with Gasteiger partial charge in [0.1, 0.15) is 0 Å². The van der Waals surface area contributed by atoms with Crippen LogP contribution in [-0.2, 0) is 14.3 Å². The van der Waals surface area contributed by atoms with E-state index < -0.39 is 0 Å². The van der Waals surface area contributed by atoms with Gasteiger partial charge in [-0.3, -0.25) is 14.5 Å². The molecule has 0 aromatic heterocycles. The molecule has 1 atom stereocenters. The molecule has 0 unspecified atom stereocenters. The SMILES string of the molecule is COCCCNC(=O)[C@@H](C1CCCC1)N1CCN(C(=O)CC(C)(C)C)CC1. The van der Waals surface area contributed by atoms with Crippen LogP contribution in [0.15, 0.2) is 0 Å². The lowest BCUT2D eigenvalue weighted by atomic mass is 9.91. The molecule has 1 N–H and O–H groups in total. The second kappa shape index (κ2) is 10.4. The molecule has 27 heavy (non-hydrogen) atoms. The van der Waals surface area contributed by atoms with E-state index in [0.29, 0.717) is 25.5 Å². The average Bonchev–Trinajstić information content (AvgIpc) is 3.12. The zero-order valence-electron chi connectivity index (χ0n) is 17.8. The monoisotopic (exact) mass is 381 g/mol. The summed E-state index contributed by atoms with van der Waals surface area (Å²) in [4.78, 5) is 29.7. The molecule has 2 rings (SSSR count). The standard InChI is InChI=1S/C21H39N3O3/c1-21(2,3)16-18(25)23-11-13-24(14-12-23)19(17-8-5-6-9-17)20(26)22-10-7-15-27-4/h17,19H,5-16H2,1-4H3,(H,22,26)/t19-/m1/s1. The van der Waals surface area contributed by atoms with Gasteiger partial charge in [-0.15, -0.1) is 0 Å². The predicted molar refractivity (Wildman–Crippen MR) is 107 cm³/mol. The summed E-state index contributed by atoms with van der Waals surface area (Å²) in [5.74, 6) is 0.848. The van der Waals surface area contributed by atoms with Crippen molar-refractivity contribution >= 4 is 11.8 Å². The number of nitrogens with one attached hydrogen (secondary N) is 1. The molecule has 1 heterocycles. The summed E-state index contributed by atoms with van der Waals surface area (Å²) in [6.45, 7) is 10.7. The van der Waals surface area contributed by atoms with Gasteiger partial charge in [-0.25, -0.2) is 0 Å². The highest BCUT2D eigenvalue weighted by Crippen LogP contribution is 2.31. The predicted octanol–water partition coefficient (Wildman–Crippen LogP) is 2.28. The van der Waals surface area contributed by atoms with Crippen molar-refractivity contribution in [3.8, 4) is 0 Å². The summed E-state index contributed by atoms with van der Waals surface area (Å²) in [6.07, 6.45) is 6.15. The van der Waals surface area contributed by atoms with E-state index in [9.17, 15) is 9.59 Å². The number of hydrogen-bond donors (Lipinski definition) is 1. The van der Waals surface area contributed by atoms with Crippen LogP contribution in [0.3, 0.4) is 0 Å². The molecule has 0 radical (unpaired) electrons. The first-order chi connectivity index (χ1) is 12.8. The lowest BCUT2D eigenvalue weighted by Gasteiger charge is -2.41. The topological polar surface area (TPSA) is 61.9 Å². The molecular weight excluding hydrogens is 342 g/mol. The van der Waals surface area contributed by atoms with Crippen LogP contribution in [0.4, 0.5) is 0 Å². The van der Waals surface area contributed by atoms with Crippen LogP contribution in [-0.4, -0.2) is 74.1 Å². The van der Waals surface area contributed by atoms with Crippen molar-refractivity contribution in [3.05, 3.63) is 0 Å². The van der Waals surface area contributed by atoms with Crippen LogP contribution in [0.1, 0.15) is 59.3 Å². The highest BCUT2D eigenvalue weighted by Gasteiger charge is 2.37. The summed E-state index contributed by atoms with van der Waals surface area (Å²) >= 11 is 0. The third kappa shape index (κ3) is 7.07. The number of nitrogens with zero attached hydrogens (tertiary/aromatic N) is 2. The van der Waals surface area contributed by atoms with Gasteiger partial charge >= 0.3 is 0 Å². The number of methoxy groups -OCH3 is 1. The Balaban J connectivity index is 1.91. The van der Waals surface area contributed by atoms with E-state index in [1.165, 1.54) is 12.8 Å². The fraction of sp³-hybridized carbons (Fsp3) is 0.905. The molecule has 1 aliphatic heterocycles. The number of ether oxygens (including phenoxy) is 1. The van der Waals surface area contributed by atoms with Crippen LogP contribution in [0, 0.1) is 11.3 Å². The summed E-state index contributed by atoms with van der Waals surface area (Å²) in [5.41, 5.74) is 0.0166. The Labute approximate surface area is 165 Å². The molecule has 0 bridgehead atoms. The Hall–Kier alpha value is -1.14. The van der Waals surface area contributed by atoms with Gasteiger partial charge < -0.3 is 15.0 Å². The van der Waals surface area contributed by atoms with Crippen molar-refractivity contribution in [2.24, 2.45) is 11.3 Å². The van der Waals surface area contributed by atoms with Crippen LogP contribution < -0.4 is 5.32 Å². The Kier molecular flexibility index (Phi) is 8.55. The van der Waals surface area contributed by atoms with Gasteiger partial charge in [-0.1, -0.05) is 33.6 Å². The fourth-order valence-corrected chi connectivity index (χ4v) is 4.30. The van der Waals surface area contributed by atoms with E-state index in [0.717, 1.165) is 45.4 Å². The Bertz CT molecular complexity index is 476. The molecule has 6 nitrogen and oxygen atoms in total. The minimum Gasteiger partial charge on any atom is -0.385 e. The maximum Gasteiger partial charge on any atom is 0.237 e. The van der Waals surface area contributed by atoms with Gasteiger partial charge in [0, 0.05) is 52.9 Å². The quantitative estimate of drug-likeness (QED) is 0.655. The third-order valence-electron chi connectivity index (χ3n) is 5.68. The molecule has 1 saturated heterocycles. The first-order valence-corrected chi connectivity index (χ1v) is 10.6. The van der Waals surface area contributed by atoms with E-state index in [2.05, 4.69) is 31.0 Å². The summed E-state index contributed by atoms with van der Waals surface area (Å²) in [5, 5.41) is 3.12. The van der Waals surface area contributed by atoms with Crippen LogP contribution in [0.5, 0.6) is 0 Å². The van der Waals surface area contributed by atoms with Crippen molar-refractivity contribution in [2.45, 2.75) is 65.3 Å². The van der Waals surface area contributed by atoms with Gasteiger partial charge in [0.2, 0.25) is 11.8 Å². The lowest BCUT2D eigenvalue weighted by molar-refractivity contribution is -0.136. The molecule has 1 aliphatic carbocycles. The van der Waals surface area contributed by atoms with E-state index >= 15 is 0 Å². The molecular formula is C21H39N3O3. The van der Waals surface area contributed by atoms with Crippen molar-refractivity contribution in [3.63, 3.8) is 0 Å². The average molecular weight is 382 g/mol. The van der Waals surface area contributed by atoms with Crippen molar-refractivity contribution in [1.82, 2.24) is 15.1 Å². The molecule has 6 heteroatoms. The Morgan fingerprint density at radius 2 is 1.74 bits per heavy atom. The number of carbonyl (C=O) groups excluding carboxylic acids is 2. The second-order valence-electron chi connectivity index (χ2n) is 9.28. The summed E-state index contributed by atoms with van der Waals surface area (Å²) in [7, 11) is 1.68. The minimum atomic E-state index is -0.0464. The van der Waals surface area contributed by atoms with Crippen LogP contribution >= 0.6 is 0 Å². The van der Waals surface area contributed by atoms with Gasteiger partial charge in [0.15, 0.2) is 0 Å². The van der Waals surface area contributed by atoms with Gasteiger partial charge in [0.25, 0.3) is 0 Å². The van der Waals surface area contributed by atoms with Crippen molar-refractivity contribution < 1.29 is 14.3 Å². The van der Waals surface area contributed by atoms with Gasteiger partial charge in [0.05, 0.1) is 6.04 Å². The molecule has 0 aromatic carbocycles. The van der Waals surface area contributed by atoms with E-state index in [-0.39, 0.29) is 23.3 Å². The maximum absolute atomic E-state index is 12.9. The van der Waals surface area contributed by atoms with E-state index in [1.807, 2.05) is 4.90 Å². The number of hydrogen-bond acceptors (Lipinski definition) is 4. The van der Waals surface area contributed by atoms with Crippen LogP contribution in [0.2, 0.25) is 0 Å². The number of rotatable bonds is 8. The molecule has 0 aromatic rings. The molecule has 0 spiro atoms. The Morgan fingerprint density at radius 3 is 2.30 bits per heavy atom. The number of amides is 2. The number of carbonyl (C=O) groups is 2. The smallest absolute Gasteiger partial charge is 0.237 e. The van der Waals surface area contributed by atoms with E-state index in [4.69, 9.17) is 4.74 Å². The first kappa shape index (κ1) is 22.2. The highest BCUT2D eigenvalue weighted by atomic mass is 16.5. The first-order valence-electron chi connectivity index (χ1n) is 10.6. The molecule has 1 saturated carbocycles. The molecule has 2 fully saturated rings. The second-order valence-corrected chi connectivity index (χ2v) is 9.28. The highest BCUT2D eigenvalue weighted by molar-refractivity contribution is 5.82. The minimum absolute atomic E-state index is 0.0166. The lowest BCUT2D eigenvalue weighted by Crippen LogP contribution is -2.58. The van der Waals surface area contributed by atoms with Gasteiger partial charge in [-0.05, 0) is 30.6 Å². The number of piperazine rings is 1. The summed E-state index contributed by atoms with van der Waals surface area (Å²) in [6, 6.07) is -0.0464. The summed E-state index contributed by atoms with van der Waals surface area (Å²) < 4.78 is 5.07.